The van der Waals surface area contributed by atoms with Gasteiger partial charge < -0.3 is 0 Å². The van der Waals surface area contributed by atoms with Gasteiger partial charge in [-0.2, -0.15) is 0 Å². The molecule has 14 heavy (non-hydrogen) atoms. The fraction of sp³-hybridized carbons (Fsp3) is 0. The summed E-state index contributed by atoms with van der Waals surface area (Å²) in [5.41, 5.74) is 0. The normalized spacial score (nSPS) is 14.2. The quantitative estimate of drug-likeness (QED) is 0.516. The van der Waals surface area contributed by atoms with Crippen molar-refractivity contribution in [2.75, 3.05) is 0 Å². The van der Waals surface area contributed by atoms with Gasteiger partial charge in [0.25, 0.3) is 0 Å². The molecule has 0 unspecified atom stereocenters. The zero-order chi connectivity index (χ0) is 12.2. The smallest absolute Gasteiger partial charge is 0.0639 e. The summed E-state index contributed by atoms with van der Waals surface area (Å²) in [5.74, 6) is 0. The Kier molecular flexibility index (Phi) is 1.22. The summed E-state index contributed by atoms with van der Waals surface area (Å²) in [5, 5.41) is 1.97. The summed E-state index contributed by atoms with van der Waals surface area (Å²) in [6.07, 6.45) is 0. The zero-order valence-electron chi connectivity index (χ0n) is 10.1. The lowest BCUT2D eigenvalue weighted by atomic mass is 10.1. The number of thiophene rings is 1. The molecule has 0 bridgehead atoms. The molecule has 2 heteroatoms. The Morgan fingerprint density at radius 2 is 2.00 bits per heavy atom. The molecule has 0 spiro atoms. The Morgan fingerprint density at radius 3 is 2.93 bits per heavy atom. The molecule has 3 aromatic rings. The Balaban J connectivity index is 2.67. The first-order chi connectivity index (χ1) is 8.11. The molecule has 0 saturated heterocycles. The predicted octanol–water partition coefficient (Wildman–Crippen LogP) is 4.71. The highest BCUT2D eigenvalue weighted by Crippen LogP contribution is 2.37. The van der Waals surface area contributed by atoms with Crippen LogP contribution in [0.4, 0.5) is 0 Å². The number of hydrogen-bond acceptors (Lipinski definition) is 1. The lowest BCUT2D eigenvalue weighted by molar-refractivity contribution is 1.84. The van der Waals surface area contributed by atoms with E-state index in [9.17, 15) is 0 Å². The molecule has 0 nitrogen and oxygen atoms in total. The minimum atomic E-state index is -0.103. The van der Waals surface area contributed by atoms with E-state index in [0.29, 0.717) is 4.70 Å². The van der Waals surface area contributed by atoms with Crippen LogP contribution in [0, 0.1) is 0 Å². The highest BCUT2D eigenvalue weighted by molar-refractivity contribution is 7.25. The van der Waals surface area contributed by atoms with Gasteiger partial charge in [-0.1, -0.05) is 35.8 Å². The number of fused-ring (bicyclic) bond motifs is 3. The molecule has 1 aromatic heterocycles. The molecular weight excluding hydrogens is 212 g/mol. The Morgan fingerprint density at radius 1 is 1.14 bits per heavy atom. The molecule has 0 saturated carbocycles. The summed E-state index contributed by atoms with van der Waals surface area (Å²) < 4.78 is 25.1. The first-order valence-electron chi connectivity index (χ1n) is 5.67. The van der Waals surface area contributed by atoms with Crippen LogP contribution in [0.25, 0.3) is 20.2 Å². The van der Waals surface area contributed by atoms with Gasteiger partial charge in [0.2, 0.25) is 0 Å². The average Bonchev–Trinajstić information content (AvgIpc) is 2.73. The molecule has 1 heterocycles. The topological polar surface area (TPSA) is 0 Å². The third-order valence-electron chi connectivity index (χ3n) is 2.16. The maximum absolute atomic E-state index is 7.90. The maximum atomic E-state index is 7.90. The van der Waals surface area contributed by atoms with E-state index >= 15 is 0 Å². The van der Waals surface area contributed by atoms with Gasteiger partial charge in [0.05, 0.1) is 4.11 Å². The zero-order valence-corrected chi connectivity index (χ0v) is 8.67. The molecule has 0 atom stereocenters. The Bertz CT molecular complexity index is 748. The minimum absolute atomic E-state index is 0.0623. The van der Waals surface area contributed by atoms with E-state index < -0.39 is 0 Å². The van der Waals surface area contributed by atoms with Gasteiger partial charge in [-0.15, -0.1) is 11.3 Å². The van der Waals surface area contributed by atoms with E-state index in [1.54, 1.807) is 0 Å². The lowest BCUT2D eigenvalue weighted by Gasteiger charge is -1.93. The van der Waals surface area contributed by atoms with Gasteiger partial charge in [0.1, 0.15) is 0 Å². The fourth-order valence-electron chi connectivity index (χ4n) is 1.56. The largest absolute Gasteiger partial charge is 0.135 e. The molecular formula is C12H7ClS. The van der Waals surface area contributed by atoms with E-state index in [1.807, 2.05) is 24.3 Å². The van der Waals surface area contributed by atoms with Crippen LogP contribution in [0.2, 0.25) is 5.02 Å². The summed E-state index contributed by atoms with van der Waals surface area (Å²) in [6, 6.07) is 7.66. The molecule has 0 aliphatic heterocycles. The van der Waals surface area contributed by atoms with Crippen molar-refractivity contribution in [1.82, 2.24) is 0 Å². The van der Waals surface area contributed by atoms with E-state index in [2.05, 4.69) is 0 Å². The van der Waals surface area contributed by atoms with Crippen LogP contribution < -0.4 is 0 Å². The predicted molar refractivity (Wildman–Crippen MR) is 64.3 cm³/mol. The molecule has 0 fully saturated rings. The van der Waals surface area contributed by atoms with Crippen molar-refractivity contribution < 1.29 is 4.11 Å². The first kappa shape index (κ1) is 5.74. The van der Waals surface area contributed by atoms with Crippen molar-refractivity contribution in [3.05, 3.63) is 47.4 Å². The standard InChI is InChI=1S/C12H7ClS/c13-9-5-3-7-11-12(9)8-4-1-2-6-10(8)14-11/h1-7H/i3D,5D,7D. The summed E-state index contributed by atoms with van der Waals surface area (Å²) in [6.45, 7) is 0. The second-order valence-electron chi connectivity index (χ2n) is 2.99. The number of benzene rings is 2. The Hall–Kier alpha value is -1.05. The monoisotopic (exact) mass is 221 g/mol. The molecule has 0 aliphatic carbocycles. The van der Waals surface area contributed by atoms with Crippen LogP contribution in [-0.4, -0.2) is 0 Å². The molecule has 0 aliphatic rings. The van der Waals surface area contributed by atoms with Crippen LogP contribution in [0.1, 0.15) is 4.11 Å². The van der Waals surface area contributed by atoms with E-state index in [0.717, 1.165) is 15.5 Å². The van der Waals surface area contributed by atoms with Crippen molar-refractivity contribution in [1.29, 1.82) is 0 Å². The highest BCUT2D eigenvalue weighted by Gasteiger charge is 2.06. The summed E-state index contributed by atoms with van der Waals surface area (Å²) in [4.78, 5) is 0. The third kappa shape index (κ3) is 1.06. The van der Waals surface area contributed by atoms with Gasteiger partial charge in [0.15, 0.2) is 0 Å². The molecule has 2 aromatic carbocycles. The maximum Gasteiger partial charge on any atom is 0.0639 e. The Labute approximate surface area is 95.0 Å². The second-order valence-corrected chi connectivity index (χ2v) is 4.42. The van der Waals surface area contributed by atoms with E-state index in [4.69, 9.17) is 15.7 Å². The minimum Gasteiger partial charge on any atom is -0.135 e. The second kappa shape index (κ2) is 2.97. The number of hydrogen-bond donors (Lipinski definition) is 0. The van der Waals surface area contributed by atoms with Crippen LogP contribution >= 0.6 is 22.9 Å². The molecule has 0 radical (unpaired) electrons. The lowest BCUT2D eigenvalue weighted by Crippen LogP contribution is -1.67. The van der Waals surface area contributed by atoms with Gasteiger partial charge in [-0.25, -0.2) is 0 Å². The molecule has 68 valence electrons. The van der Waals surface area contributed by atoms with Crippen molar-refractivity contribution in [3.63, 3.8) is 0 Å². The van der Waals surface area contributed by atoms with Crippen molar-refractivity contribution in [3.8, 4) is 0 Å². The van der Waals surface area contributed by atoms with Gasteiger partial charge in [0, 0.05) is 25.2 Å². The third-order valence-corrected chi connectivity index (χ3v) is 3.53. The average molecular weight is 222 g/mol. The molecule has 0 amide bonds. The molecule has 3 rings (SSSR count). The van der Waals surface area contributed by atoms with Crippen LogP contribution in [0.3, 0.4) is 0 Å². The molecule has 0 N–H and O–H groups in total. The summed E-state index contributed by atoms with van der Waals surface area (Å²) >= 11 is 7.59. The van der Waals surface area contributed by atoms with E-state index in [-0.39, 0.29) is 23.1 Å². The van der Waals surface area contributed by atoms with Crippen LogP contribution in [0.15, 0.2) is 42.4 Å². The van der Waals surface area contributed by atoms with E-state index in [1.165, 1.54) is 11.3 Å². The van der Waals surface area contributed by atoms with Gasteiger partial charge >= 0.3 is 0 Å². The van der Waals surface area contributed by atoms with Gasteiger partial charge in [-0.05, 0) is 18.2 Å². The highest BCUT2D eigenvalue weighted by atomic mass is 35.5. The fourth-order valence-corrected chi connectivity index (χ4v) is 2.92. The van der Waals surface area contributed by atoms with Crippen molar-refractivity contribution in [2.45, 2.75) is 0 Å². The van der Waals surface area contributed by atoms with Gasteiger partial charge in [-0.3, -0.25) is 0 Å². The van der Waals surface area contributed by atoms with Crippen molar-refractivity contribution in [2.24, 2.45) is 0 Å². The van der Waals surface area contributed by atoms with Crippen molar-refractivity contribution >= 4 is 43.1 Å². The summed E-state index contributed by atoms with van der Waals surface area (Å²) in [7, 11) is 0. The number of rotatable bonds is 0. The van der Waals surface area contributed by atoms with Crippen LogP contribution in [0.5, 0.6) is 0 Å². The number of halogens is 1. The SMILES string of the molecule is [2H]c1c([2H])c(Cl)c2c(sc3ccccc32)c1[2H]. The van der Waals surface area contributed by atoms with Crippen LogP contribution in [-0.2, 0) is 0 Å². The first-order valence-corrected chi connectivity index (χ1v) is 5.37.